The Bertz CT molecular complexity index is 1740. The van der Waals surface area contributed by atoms with E-state index in [1.807, 2.05) is 19.1 Å². The first-order valence-corrected chi connectivity index (χ1v) is 14.6. The van der Waals surface area contributed by atoms with Crippen LogP contribution in [0.3, 0.4) is 0 Å². The van der Waals surface area contributed by atoms with Crippen LogP contribution < -0.4 is 4.18 Å². The Hall–Kier alpha value is -4.51. The fraction of sp³-hybridized carbons (Fsp3) is 0.233. The van der Waals surface area contributed by atoms with E-state index in [1.54, 1.807) is 51.0 Å². The molecule has 210 valence electrons. The molecule has 0 atom stereocenters. The quantitative estimate of drug-likeness (QED) is 0.310. The lowest BCUT2D eigenvalue weighted by atomic mass is 10.1. The van der Waals surface area contributed by atoms with Gasteiger partial charge < -0.3 is 18.6 Å². The zero-order valence-corrected chi connectivity index (χ0v) is 23.1. The van der Waals surface area contributed by atoms with Crippen LogP contribution in [0.15, 0.2) is 78.0 Å². The largest absolute Gasteiger partial charge is 0.376 e. The van der Waals surface area contributed by atoms with E-state index in [4.69, 9.17) is 4.18 Å². The third kappa shape index (κ3) is 5.08. The van der Waals surface area contributed by atoms with Crippen molar-refractivity contribution >= 4 is 21.9 Å². The van der Waals surface area contributed by atoms with E-state index in [2.05, 4.69) is 4.98 Å². The van der Waals surface area contributed by atoms with Crippen LogP contribution in [0, 0.1) is 12.7 Å². The number of aromatic nitrogens is 2. The van der Waals surface area contributed by atoms with Gasteiger partial charge in [-0.05, 0) is 54.4 Å². The average molecular weight is 575 g/mol. The summed E-state index contributed by atoms with van der Waals surface area (Å²) in [5.41, 5.74) is 3.16. The van der Waals surface area contributed by atoms with E-state index >= 15 is 0 Å². The van der Waals surface area contributed by atoms with Gasteiger partial charge >= 0.3 is 10.1 Å². The maximum Gasteiger partial charge on any atom is 0.339 e. The number of nitrogens with zero attached hydrogens (tertiary/aromatic N) is 4. The fourth-order valence-corrected chi connectivity index (χ4v) is 6.27. The minimum atomic E-state index is -4.38. The Morgan fingerprint density at radius 2 is 1.46 bits per heavy atom. The molecule has 4 aromatic rings. The summed E-state index contributed by atoms with van der Waals surface area (Å²) in [7, 11) is -4.38. The van der Waals surface area contributed by atoms with Gasteiger partial charge in [-0.3, -0.25) is 14.6 Å². The minimum absolute atomic E-state index is 0.0261. The first kappa shape index (κ1) is 26.7. The SMILES string of the molecule is Cc1ccc(S(=O)(=O)Oc2c3c(n4c2C(=O)N(Cc2ccc(F)cc2)CC4)CCN(Cc2ccncc2)C3=O)cc1. The third-order valence-corrected chi connectivity index (χ3v) is 8.68. The molecule has 0 aliphatic carbocycles. The smallest absolute Gasteiger partial charge is 0.339 e. The molecule has 4 heterocycles. The lowest BCUT2D eigenvalue weighted by molar-refractivity contribution is 0.0681. The number of fused-ring (bicyclic) bond motifs is 3. The highest BCUT2D eigenvalue weighted by atomic mass is 32.2. The second-order valence-corrected chi connectivity index (χ2v) is 11.7. The van der Waals surface area contributed by atoms with Crippen molar-refractivity contribution < 1.29 is 26.6 Å². The second kappa shape index (κ2) is 10.5. The Balaban J connectivity index is 1.41. The van der Waals surface area contributed by atoms with Gasteiger partial charge in [0.05, 0.1) is 0 Å². The summed E-state index contributed by atoms with van der Waals surface area (Å²) in [6, 6.07) is 15.6. The first-order chi connectivity index (χ1) is 19.7. The molecule has 0 fully saturated rings. The standard InChI is InChI=1S/C30H27FN4O5S/c1-20-2-8-24(9-3-20)41(38,39)40-28-26-25(12-15-33(29(26)36)19-22-10-13-32-14-11-22)35-17-16-34(30(37)27(28)35)18-21-4-6-23(31)7-5-21/h2-11,13-14H,12,15-19H2,1H3. The summed E-state index contributed by atoms with van der Waals surface area (Å²) in [6.07, 6.45) is 3.71. The average Bonchev–Trinajstić information content (AvgIpc) is 3.27. The molecule has 11 heteroatoms. The fourth-order valence-electron chi connectivity index (χ4n) is 5.32. The van der Waals surface area contributed by atoms with Crippen LogP contribution in [0.1, 0.15) is 43.2 Å². The van der Waals surface area contributed by atoms with Crippen molar-refractivity contribution in [1.29, 1.82) is 0 Å². The Morgan fingerprint density at radius 3 is 2.15 bits per heavy atom. The van der Waals surface area contributed by atoms with Crippen molar-refractivity contribution in [2.24, 2.45) is 0 Å². The van der Waals surface area contributed by atoms with E-state index in [0.29, 0.717) is 38.3 Å². The molecule has 2 aliphatic heterocycles. The highest BCUT2D eigenvalue weighted by molar-refractivity contribution is 7.87. The van der Waals surface area contributed by atoms with Crippen molar-refractivity contribution in [2.45, 2.75) is 37.9 Å². The first-order valence-electron chi connectivity index (χ1n) is 13.2. The van der Waals surface area contributed by atoms with Gasteiger partial charge in [0.25, 0.3) is 11.8 Å². The number of hydrogen-bond acceptors (Lipinski definition) is 6. The molecule has 2 aromatic heterocycles. The van der Waals surface area contributed by atoms with Gasteiger partial charge in [-0.1, -0.05) is 29.8 Å². The van der Waals surface area contributed by atoms with Crippen molar-refractivity contribution in [1.82, 2.24) is 19.4 Å². The zero-order chi connectivity index (χ0) is 28.7. The molecular formula is C30H27FN4O5S. The number of halogens is 1. The van der Waals surface area contributed by atoms with Gasteiger partial charge in [0.15, 0.2) is 11.4 Å². The normalized spacial score (nSPS) is 15.1. The molecular weight excluding hydrogens is 547 g/mol. The number of aryl methyl sites for hydroxylation is 1. The van der Waals surface area contributed by atoms with Crippen molar-refractivity contribution in [3.05, 3.63) is 113 Å². The molecule has 2 amide bonds. The van der Waals surface area contributed by atoms with Crippen LogP contribution in [0.25, 0.3) is 0 Å². The molecule has 0 bridgehead atoms. The summed E-state index contributed by atoms with van der Waals surface area (Å²) in [6.45, 7) is 3.43. The summed E-state index contributed by atoms with van der Waals surface area (Å²) in [4.78, 5) is 34.9. The van der Waals surface area contributed by atoms with E-state index in [9.17, 15) is 22.4 Å². The van der Waals surface area contributed by atoms with Gasteiger partial charge in [-0.25, -0.2) is 4.39 Å². The van der Waals surface area contributed by atoms with E-state index < -0.39 is 21.9 Å². The van der Waals surface area contributed by atoms with E-state index in [-0.39, 0.29) is 34.3 Å². The molecule has 0 N–H and O–H groups in total. The maximum atomic E-state index is 13.9. The Kier molecular flexibility index (Phi) is 6.82. The number of amides is 2. The molecule has 0 unspecified atom stereocenters. The minimum Gasteiger partial charge on any atom is -0.376 e. The van der Waals surface area contributed by atoms with Crippen molar-refractivity contribution in [2.75, 3.05) is 13.1 Å². The Labute approximate surface area is 236 Å². The molecule has 0 saturated heterocycles. The van der Waals surface area contributed by atoms with Crippen LogP contribution in [-0.2, 0) is 36.2 Å². The summed E-state index contributed by atoms with van der Waals surface area (Å²) >= 11 is 0. The summed E-state index contributed by atoms with van der Waals surface area (Å²) in [5.74, 6) is -1.50. The molecule has 0 saturated carbocycles. The van der Waals surface area contributed by atoms with Gasteiger partial charge in [-0.2, -0.15) is 8.42 Å². The van der Waals surface area contributed by atoms with Gasteiger partial charge in [0, 0.05) is 57.2 Å². The number of carbonyl (C=O) groups excluding carboxylic acids is 2. The van der Waals surface area contributed by atoms with E-state index in [0.717, 1.165) is 16.7 Å². The summed E-state index contributed by atoms with van der Waals surface area (Å²) < 4.78 is 47.8. The maximum absolute atomic E-state index is 13.9. The topological polar surface area (TPSA) is 102 Å². The third-order valence-electron chi connectivity index (χ3n) is 7.44. The summed E-state index contributed by atoms with van der Waals surface area (Å²) in [5, 5.41) is 0. The van der Waals surface area contributed by atoms with Gasteiger partial charge in [0.2, 0.25) is 0 Å². The van der Waals surface area contributed by atoms with Gasteiger partial charge in [0.1, 0.15) is 16.3 Å². The predicted octanol–water partition coefficient (Wildman–Crippen LogP) is 3.95. The number of pyridine rings is 1. The molecule has 0 spiro atoms. The molecule has 2 aromatic carbocycles. The highest BCUT2D eigenvalue weighted by Gasteiger charge is 2.42. The number of carbonyl (C=O) groups is 2. The number of rotatable bonds is 7. The van der Waals surface area contributed by atoms with Crippen molar-refractivity contribution in [3.8, 4) is 5.75 Å². The molecule has 0 radical (unpaired) electrons. The van der Waals surface area contributed by atoms with E-state index in [1.165, 1.54) is 24.3 Å². The van der Waals surface area contributed by atoms with Crippen LogP contribution in [-0.4, -0.2) is 52.7 Å². The van der Waals surface area contributed by atoms with Gasteiger partial charge in [-0.15, -0.1) is 0 Å². The number of benzene rings is 2. The van der Waals surface area contributed by atoms with Crippen LogP contribution in [0.2, 0.25) is 0 Å². The molecule has 41 heavy (non-hydrogen) atoms. The molecule has 2 aliphatic rings. The molecule has 9 nitrogen and oxygen atoms in total. The lowest BCUT2D eigenvalue weighted by Gasteiger charge is -2.31. The lowest BCUT2D eigenvalue weighted by Crippen LogP contribution is -2.41. The van der Waals surface area contributed by atoms with Crippen LogP contribution in [0.4, 0.5) is 4.39 Å². The Morgan fingerprint density at radius 1 is 0.829 bits per heavy atom. The predicted molar refractivity (Wildman–Crippen MR) is 147 cm³/mol. The van der Waals surface area contributed by atoms with Crippen molar-refractivity contribution in [3.63, 3.8) is 0 Å². The zero-order valence-electron chi connectivity index (χ0n) is 22.3. The van der Waals surface area contributed by atoms with Crippen LogP contribution >= 0.6 is 0 Å². The highest BCUT2D eigenvalue weighted by Crippen LogP contribution is 2.39. The monoisotopic (exact) mass is 574 g/mol. The molecule has 6 rings (SSSR count). The number of hydrogen-bond donors (Lipinski definition) is 0. The second-order valence-electron chi connectivity index (χ2n) is 10.2. The van der Waals surface area contributed by atoms with Crippen LogP contribution in [0.5, 0.6) is 5.75 Å².